The Morgan fingerprint density at radius 3 is 2.58 bits per heavy atom. The molecule has 1 aromatic heterocycles. The van der Waals surface area contributed by atoms with Crippen molar-refractivity contribution in [2.75, 3.05) is 23.3 Å². The molecule has 2 heterocycles. The number of pyridine rings is 1. The number of aryl methyl sites for hydroxylation is 1. The van der Waals surface area contributed by atoms with Gasteiger partial charge in [0.25, 0.3) is 0 Å². The van der Waals surface area contributed by atoms with Gasteiger partial charge in [-0.05, 0) is 60.9 Å². The van der Waals surface area contributed by atoms with Gasteiger partial charge in [0.15, 0.2) is 0 Å². The van der Waals surface area contributed by atoms with Gasteiger partial charge in [-0.1, -0.05) is 12.1 Å². The molecule has 31 heavy (non-hydrogen) atoms. The number of amides is 1. The van der Waals surface area contributed by atoms with E-state index in [2.05, 4.69) is 15.2 Å². The number of anilines is 2. The van der Waals surface area contributed by atoms with Crippen molar-refractivity contribution in [1.29, 1.82) is 0 Å². The van der Waals surface area contributed by atoms with Crippen molar-refractivity contribution in [2.45, 2.75) is 31.5 Å². The number of rotatable bonds is 5. The highest BCUT2D eigenvalue weighted by molar-refractivity contribution is 5.94. The second-order valence-corrected chi connectivity index (χ2v) is 7.81. The predicted molar refractivity (Wildman–Crippen MR) is 115 cm³/mol. The lowest BCUT2D eigenvalue weighted by Gasteiger charge is -2.17. The molecule has 4 rings (SSSR count). The molecule has 1 atom stereocenters. The molecule has 0 bridgehead atoms. The van der Waals surface area contributed by atoms with Gasteiger partial charge in [0, 0.05) is 36.6 Å². The molecule has 0 aliphatic carbocycles. The third kappa shape index (κ3) is 5.14. The van der Waals surface area contributed by atoms with Gasteiger partial charge in [-0.2, -0.15) is 13.2 Å². The zero-order valence-corrected chi connectivity index (χ0v) is 16.8. The molecule has 1 aliphatic rings. The number of carbonyl (C=O) groups is 1. The summed E-state index contributed by atoms with van der Waals surface area (Å²) in [6.07, 6.45) is -2.86. The summed E-state index contributed by atoms with van der Waals surface area (Å²) in [5.41, 5.74) is 7.45. The van der Waals surface area contributed by atoms with Gasteiger partial charge < -0.3 is 16.0 Å². The van der Waals surface area contributed by atoms with Crippen LogP contribution in [0.15, 0.2) is 54.6 Å². The lowest BCUT2D eigenvalue weighted by molar-refractivity contribution is -0.137. The van der Waals surface area contributed by atoms with Crippen LogP contribution in [0.25, 0.3) is 10.9 Å². The van der Waals surface area contributed by atoms with Gasteiger partial charge in [-0.15, -0.1) is 0 Å². The molecule has 0 spiro atoms. The molecule has 8 heteroatoms. The molecular weight excluding hydrogens is 405 g/mol. The van der Waals surface area contributed by atoms with E-state index in [1.54, 1.807) is 6.07 Å². The van der Waals surface area contributed by atoms with E-state index in [9.17, 15) is 18.0 Å². The van der Waals surface area contributed by atoms with Gasteiger partial charge in [-0.3, -0.25) is 4.79 Å². The maximum absolute atomic E-state index is 12.6. The zero-order valence-electron chi connectivity index (χ0n) is 16.8. The molecule has 0 saturated carbocycles. The van der Waals surface area contributed by atoms with Crippen LogP contribution in [-0.2, 0) is 17.4 Å². The number of nitrogens with two attached hydrogens (primary N) is 1. The van der Waals surface area contributed by atoms with Crippen molar-refractivity contribution in [3.05, 3.63) is 65.7 Å². The summed E-state index contributed by atoms with van der Waals surface area (Å²) >= 11 is 0. The van der Waals surface area contributed by atoms with Crippen LogP contribution in [0.5, 0.6) is 0 Å². The molecule has 3 aromatic rings. The quantitative estimate of drug-likeness (QED) is 0.633. The number of hydrogen-bond donors (Lipinski definition) is 2. The number of carbonyl (C=O) groups excluding carboxylic acids is 1. The molecule has 5 nitrogen and oxygen atoms in total. The molecule has 1 saturated heterocycles. The minimum Gasteiger partial charge on any atom is -0.355 e. The summed E-state index contributed by atoms with van der Waals surface area (Å²) in [4.78, 5) is 19.1. The normalized spacial score (nSPS) is 16.6. The number of nitrogens with one attached hydrogen (secondary N) is 1. The molecule has 0 radical (unpaired) electrons. The van der Waals surface area contributed by atoms with E-state index in [1.807, 2.05) is 24.3 Å². The SMILES string of the molecule is N[C@H]1CCN(c2ccc3cc(NC(=O)CCc4ccc(C(F)(F)F)cc4)ccc3n2)C1. The van der Waals surface area contributed by atoms with Crippen LogP contribution in [0.4, 0.5) is 24.7 Å². The number of halogens is 3. The fraction of sp³-hybridized carbons (Fsp3) is 0.304. The van der Waals surface area contributed by atoms with E-state index < -0.39 is 11.7 Å². The van der Waals surface area contributed by atoms with Crippen molar-refractivity contribution < 1.29 is 18.0 Å². The minimum absolute atomic E-state index is 0.176. The number of benzene rings is 2. The van der Waals surface area contributed by atoms with Gasteiger partial charge >= 0.3 is 6.18 Å². The van der Waals surface area contributed by atoms with E-state index >= 15 is 0 Å². The van der Waals surface area contributed by atoms with E-state index in [1.165, 1.54) is 12.1 Å². The average molecular weight is 428 g/mol. The highest BCUT2D eigenvalue weighted by atomic mass is 19.4. The maximum atomic E-state index is 12.6. The van der Waals surface area contributed by atoms with Crippen LogP contribution >= 0.6 is 0 Å². The Bertz CT molecular complexity index is 1080. The molecule has 0 unspecified atom stereocenters. The number of alkyl halides is 3. The molecule has 1 aliphatic heterocycles. The monoisotopic (exact) mass is 428 g/mol. The summed E-state index contributed by atoms with van der Waals surface area (Å²) in [5, 5.41) is 3.75. The Kier molecular flexibility index (Phi) is 5.82. The maximum Gasteiger partial charge on any atom is 0.416 e. The van der Waals surface area contributed by atoms with Crippen LogP contribution in [0.1, 0.15) is 24.0 Å². The van der Waals surface area contributed by atoms with Gasteiger partial charge in [0.2, 0.25) is 5.91 Å². The predicted octanol–water partition coefficient (Wildman–Crippen LogP) is 4.36. The number of hydrogen-bond acceptors (Lipinski definition) is 4. The van der Waals surface area contributed by atoms with Gasteiger partial charge in [0.1, 0.15) is 5.82 Å². The van der Waals surface area contributed by atoms with Crippen molar-refractivity contribution >= 4 is 28.3 Å². The highest BCUT2D eigenvalue weighted by Crippen LogP contribution is 2.29. The Morgan fingerprint density at radius 1 is 1.13 bits per heavy atom. The van der Waals surface area contributed by atoms with E-state index in [0.29, 0.717) is 17.7 Å². The largest absolute Gasteiger partial charge is 0.416 e. The van der Waals surface area contributed by atoms with Crippen LogP contribution in [-0.4, -0.2) is 30.0 Å². The Hall–Kier alpha value is -3.13. The summed E-state index contributed by atoms with van der Waals surface area (Å²) < 4.78 is 37.9. The van der Waals surface area contributed by atoms with Crippen LogP contribution in [0, 0.1) is 0 Å². The zero-order chi connectivity index (χ0) is 22.0. The average Bonchev–Trinajstić information content (AvgIpc) is 3.18. The number of fused-ring (bicyclic) bond motifs is 1. The van der Waals surface area contributed by atoms with Gasteiger partial charge in [-0.25, -0.2) is 4.98 Å². The summed E-state index contributed by atoms with van der Waals surface area (Å²) in [7, 11) is 0. The first-order valence-electron chi connectivity index (χ1n) is 10.2. The first-order chi connectivity index (χ1) is 14.8. The summed E-state index contributed by atoms with van der Waals surface area (Å²) in [5.74, 6) is 0.698. The van der Waals surface area contributed by atoms with Crippen LogP contribution < -0.4 is 16.0 Å². The minimum atomic E-state index is -4.36. The van der Waals surface area contributed by atoms with Crippen LogP contribution in [0.2, 0.25) is 0 Å². The van der Waals surface area contributed by atoms with Crippen molar-refractivity contribution in [2.24, 2.45) is 5.73 Å². The fourth-order valence-corrected chi connectivity index (χ4v) is 3.71. The van der Waals surface area contributed by atoms with E-state index in [0.717, 1.165) is 48.4 Å². The topological polar surface area (TPSA) is 71.2 Å². The summed E-state index contributed by atoms with van der Waals surface area (Å²) in [6, 6.07) is 14.5. The smallest absolute Gasteiger partial charge is 0.355 e. The highest BCUT2D eigenvalue weighted by Gasteiger charge is 2.29. The van der Waals surface area contributed by atoms with E-state index in [4.69, 9.17) is 5.73 Å². The molecule has 1 amide bonds. The van der Waals surface area contributed by atoms with Crippen molar-refractivity contribution in [3.8, 4) is 0 Å². The summed E-state index contributed by atoms with van der Waals surface area (Å²) in [6.45, 7) is 1.69. The Labute approximate surface area is 178 Å². The Morgan fingerprint density at radius 2 is 1.90 bits per heavy atom. The number of aromatic nitrogens is 1. The third-order valence-corrected chi connectivity index (χ3v) is 5.43. The molecule has 3 N–H and O–H groups in total. The Balaban J connectivity index is 1.36. The first-order valence-corrected chi connectivity index (χ1v) is 10.2. The third-order valence-electron chi connectivity index (χ3n) is 5.43. The lowest BCUT2D eigenvalue weighted by atomic mass is 10.1. The molecule has 1 fully saturated rings. The molecular formula is C23H23F3N4O. The van der Waals surface area contributed by atoms with E-state index in [-0.39, 0.29) is 18.4 Å². The van der Waals surface area contributed by atoms with Crippen molar-refractivity contribution in [1.82, 2.24) is 4.98 Å². The van der Waals surface area contributed by atoms with Crippen molar-refractivity contribution in [3.63, 3.8) is 0 Å². The fourth-order valence-electron chi connectivity index (χ4n) is 3.71. The van der Waals surface area contributed by atoms with Gasteiger partial charge in [0.05, 0.1) is 11.1 Å². The first kappa shape index (κ1) is 21.1. The molecule has 2 aromatic carbocycles. The second-order valence-electron chi connectivity index (χ2n) is 7.81. The number of nitrogens with zero attached hydrogens (tertiary/aromatic N) is 2. The lowest BCUT2D eigenvalue weighted by Crippen LogP contribution is -2.26. The molecule has 162 valence electrons. The second kappa shape index (κ2) is 8.55. The standard InChI is InChI=1S/C23H23F3N4O/c24-23(25,26)17-5-1-15(2-6-17)3-10-22(31)28-19-7-8-20-16(13-19)4-9-21(29-20)30-12-11-18(27)14-30/h1-2,4-9,13,18H,3,10-12,14,27H2,(H,28,31)/t18-/m0/s1. The van der Waals surface area contributed by atoms with Crippen LogP contribution in [0.3, 0.4) is 0 Å².